The molecule has 28 heavy (non-hydrogen) atoms. The summed E-state index contributed by atoms with van der Waals surface area (Å²) in [6.45, 7) is 2.86. The number of hydrogen-bond donors (Lipinski definition) is 0. The lowest BCUT2D eigenvalue weighted by Crippen LogP contribution is -2.42. The first-order valence-electron chi connectivity index (χ1n) is 9.31. The number of nitrogens with zero attached hydrogens (tertiary/aromatic N) is 4. The Labute approximate surface area is 165 Å². The Morgan fingerprint density at radius 3 is 2.54 bits per heavy atom. The zero-order chi connectivity index (χ0) is 20.3. The fourth-order valence-electron chi connectivity index (χ4n) is 3.18. The van der Waals surface area contributed by atoms with Crippen LogP contribution in [0.5, 0.6) is 5.88 Å². The summed E-state index contributed by atoms with van der Waals surface area (Å²) in [5, 5.41) is 0. The number of carbonyl (C=O) groups is 1. The SMILES string of the molecule is CCS(=O)(=O)N(C)c1ccc(OC2CCN(C(=O)c3cccn3C)CC2)nc1. The van der Waals surface area contributed by atoms with E-state index in [9.17, 15) is 13.2 Å². The number of ether oxygens (including phenoxy) is 1. The molecule has 0 bridgehead atoms. The predicted molar refractivity (Wildman–Crippen MR) is 107 cm³/mol. The van der Waals surface area contributed by atoms with Gasteiger partial charge in [0, 0.05) is 52.3 Å². The highest BCUT2D eigenvalue weighted by atomic mass is 32.2. The molecule has 0 N–H and O–H groups in total. The third-order valence-electron chi connectivity index (χ3n) is 5.05. The summed E-state index contributed by atoms with van der Waals surface area (Å²) >= 11 is 0. The fraction of sp³-hybridized carbons (Fsp3) is 0.474. The molecule has 0 spiro atoms. The average molecular weight is 407 g/mol. The summed E-state index contributed by atoms with van der Waals surface area (Å²) in [5.74, 6) is 0.522. The Morgan fingerprint density at radius 1 is 1.29 bits per heavy atom. The van der Waals surface area contributed by atoms with E-state index in [-0.39, 0.29) is 17.8 Å². The van der Waals surface area contributed by atoms with Crippen molar-refractivity contribution in [2.45, 2.75) is 25.9 Å². The zero-order valence-electron chi connectivity index (χ0n) is 16.4. The maximum absolute atomic E-state index is 12.6. The molecule has 2 aromatic rings. The van der Waals surface area contributed by atoms with Crippen LogP contribution in [0.25, 0.3) is 0 Å². The van der Waals surface area contributed by atoms with Crippen molar-refractivity contribution in [1.82, 2.24) is 14.5 Å². The molecule has 0 atom stereocenters. The van der Waals surface area contributed by atoms with Crippen molar-refractivity contribution >= 4 is 21.6 Å². The van der Waals surface area contributed by atoms with E-state index < -0.39 is 10.0 Å². The van der Waals surface area contributed by atoms with Gasteiger partial charge in [-0.25, -0.2) is 13.4 Å². The summed E-state index contributed by atoms with van der Waals surface area (Å²) in [4.78, 5) is 18.6. The van der Waals surface area contributed by atoms with Crippen LogP contribution in [-0.4, -0.2) is 60.8 Å². The Kier molecular flexibility index (Phi) is 5.93. The predicted octanol–water partition coefficient (Wildman–Crippen LogP) is 1.89. The van der Waals surface area contributed by atoms with Gasteiger partial charge in [0.15, 0.2) is 0 Å². The van der Waals surface area contributed by atoms with Gasteiger partial charge < -0.3 is 14.2 Å². The smallest absolute Gasteiger partial charge is 0.270 e. The van der Waals surface area contributed by atoms with E-state index >= 15 is 0 Å². The summed E-state index contributed by atoms with van der Waals surface area (Å²) < 4.78 is 32.8. The molecule has 1 amide bonds. The minimum atomic E-state index is -3.31. The number of rotatable bonds is 6. The average Bonchev–Trinajstić information content (AvgIpc) is 3.14. The quantitative estimate of drug-likeness (QED) is 0.731. The highest BCUT2D eigenvalue weighted by molar-refractivity contribution is 7.92. The van der Waals surface area contributed by atoms with Crippen LogP contribution in [0.1, 0.15) is 30.3 Å². The number of carbonyl (C=O) groups excluding carboxylic acids is 1. The first-order chi connectivity index (χ1) is 13.3. The molecule has 0 saturated carbocycles. The Morgan fingerprint density at radius 2 is 2.00 bits per heavy atom. The molecule has 1 fully saturated rings. The number of aryl methyl sites for hydroxylation is 1. The van der Waals surface area contributed by atoms with Gasteiger partial charge >= 0.3 is 0 Å². The standard InChI is InChI=1S/C19H26N4O4S/c1-4-28(25,26)22(3)15-7-8-18(20-14-15)27-16-9-12-23(13-10-16)19(24)17-6-5-11-21(17)2/h5-8,11,14,16H,4,9-10,12-13H2,1-3H3. The first-order valence-corrected chi connectivity index (χ1v) is 10.9. The van der Waals surface area contributed by atoms with Gasteiger partial charge in [-0.1, -0.05) is 0 Å². The second kappa shape index (κ2) is 8.22. The molecule has 0 radical (unpaired) electrons. The van der Waals surface area contributed by atoms with Crippen molar-refractivity contribution in [1.29, 1.82) is 0 Å². The van der Waals surface area contributed by atoms with E-state index in [1.807, 2.05) is 34.8 Å². The Hall–Kier alpha value is -2.55. The van der Waals surface area contributed by atoms with Gasteiger partial charge in [-0.05, 0) is 25.1 Å². The summed E-state index contributed by atoms with van der Waals surface area (Å²) in [5.41, 5.74) is 1.18. The van der Waals surface area contributed by atoms with E-state index in [4.69, 9.17) is 4.74 Å². The van der Waals surface area contributed by atoms with Crippen LogP contribution in [-0.2, 0) is 17.1 Å². The van der Waals surface area contributed by atoms with Crippen LogP contribution in [0.3, 0.4) is 0 Å². The number of aromatic nitrogens is 2. The molecule has 0 aromatic carbocycles. The van der Waals surface area contributed by atoms with Gasteiger partial charge in [0.2, 0.25) is 15.9 Å². The van der Waals surface area contributed by atoms with Crippen molar-refractivity contribution in [3.63, 3.8) is 0 Å². The molecule has 0 aliphatic carbocycles. The summed E-state index contributed by atoms with van der Waals surface area (Å²) in [7, 11) is 0.0584. The van der Waals surface area contributed by atoms with Crippen LogP contribution in [0.2, 0.25) is 0 Å². The van der Waals surface area contributed by atoms with Crippen LogP contribution in [0, 0.1) is 0 Å². The van der Waals surface area contributed by atoms with Crippen molar-refractivity contribution in [3.8, 4) is 5.88 Å². The largest absolute Gasteiger partial charge is 0.474 e. The van der Waals surface area contributed by atoms with Gasteiger partial charge in [-0.3, -0.25) is 9.10 Å². The highest BCUT2D eigenvalue weighted by Crippen LogP contribution is 2.22. The van der Waals surface area contributed by atoms with Crippen LogP contribution >= 0.6 is 0 Å². The molecule has 152 valence electrons. The van der Waals surface area contributed by atoms with E-state index in [1.54, 1.807) is 19.1 Å². The highest BCUT2D eigenvalue weighted by Gasteiger charge is 2.26. The number of anilines is 1. The molecule has 9 heteroatoms. The van der Waals surface area contributed by atoms with E-state index in [1.165, 1.54) is 17.5 Å². The lowest BCUT2D eigenvalue weighted by atomic mass is 10.1. The van der Waals surface area contributed by atoms with Gasteiger partial charge in [0.1, 0.15) is 11.8 Å². The van der Waals surface area contributed by atoms with Gasteiger partial charge in [-0.2, -0.15) is 0 Å². The van der Waals surface area contributed by atoms with Gasteiger partial charge in [0.25, 0.3) is 5.91 Å². The summed E-state index contributed by atoms with van der Waals surface area (Å²) in [6, 6.07) is 7.05. The fourth-order valence-corrected chi connectivity index (χ4v) is 3.99. The van der Waals surface area contributed by atoms with Crippen molar-refractivity contribution in [2.75, 3.05) is 30.2 Å². The zero-order valence-corrected chi connectivity index (χ0v) is 17.2. The number of amides is 1. The number of pyridine rings is 1. The molecule has 1 saturated heterocycles. The summed E-state index contributed by atoms with van der Waals surface area (Å²) in [6.07, 6.45) is 4.79. The first kappa shape index (κ1) is 20.2. The molecule has 8 nitrogen and oxygen atoms in total. The minimum Gasteiger partial charge on any atom is -0.474 e. The number of sulfonamides is 1. The molecule has 1 aliphatic rings. The Bertz CT molecular complexity index is 916. The van der Waals surface area contributed by atoms with Gasteiger partial charge in [-0.15, -0.1) is 0 Å². The minimum absolute atomic E-state index is 0.0204. The van der Waals surface area contributed by atoms with Crippen LogP contribution in [0.15, 0.2) is 36.7 Å². The number of hydrogen-bond acceptors (Lipinski definition) is 5. The lowest BCUT2D eigenvalue weighted by Gasteiger charge is -2.32. The number of likely N-dealkylation sites (tertiary alicyclic amines) is 1. The normalized spacial score (nSPS) is 15.5. The topological polar surface area (TPSA) is 84.7 Å². The maximum Gasteiger partial charge on any atom is 0.270 e. The van der Waals surface area contributed by atoms with Crippen molar-refractivity contribution in [2.24, 2.45) is 7.05 Å². The third-order valence-corrected chi connectivity index (χ3v) is 6.82. The molecule has 3 heterocycles. The van der Waals surface area contributed by atoms with Crippen molar-refractivity contribution in [3.05, 3.63) is 42.4 Å². The van der Waals surface area contributed by atoms with E-state index in [0.29, 0.717) is 30.4 Å². The van der Waals surface area contributed by atoms with E-state index in [2.05, 4.69) is 4.98 Å². The Balaban J connectivity index is 1.55. The third kappa shape index (κ3) is 4.30. The lowest BCUT2D eigenvalue weighted by molar-refractivity contribution is 0.0579. The monoisotopic (exact) mass is 406 g/mol. The molecule has 1 aliphatic heterocycles. The second-order valence-corrected chi connectivity index (χ2v) is 9.13. The number of piperidine rings is 1. The van der Waals surface area contributed by atoms with Crippen LogP contribution in [0.4, 0.5) is 5.69 Å². The molecule has 2 aromatic heterocycles. The maximum atomic E-state index is 12.6. The molecule has 3 rings (SSSR count). The molecular weight excluding hydrogens is 380 g/mol. The molecule has 0 unspecified atom stereocenters. The van der Waals surface area contributed by atoms with Crippen molar-refractivity contribution < 1.29 is 17.9 Å². The van der Waals surface area contributed by atoms with Gasteiger partial charge in [0.05, 0.1) is 17.6 Å². The van der Waals surface area contributed by atoms with Crippen LogP contribution < -0.4 is 9.04 Å². The second-order valence-electron chi connectivity index (χ2n) is 6.84. The van der Waals surface area contributed by atoms with E-state index in [0.717, 1.165) is 12.8 Å². The molecular formula is C19H26N4O4S.